The fourth-order valence-corrected chi connectivity index (χ4v) is 1.28. The van der Waals surface area contributed by atoms with E-state index in [-0.39, 0.29) is 0 Å². The second kappa shape index (κ2) is 7.57. The van der Waals surface area contributed by atoms with Gasteiger partial charge >= 0.3 is 0 Å². The van der Waals surface area contributed by atoms with Crippen LogP contribution in [0.25, 0.3) is 0 Å². The Morgan fingerprint density at radius 3 is 1.71 bits per heavy atom. The molecule has 0 radical (unpaired) electrons. The Labute approximate surface area is 88.3 Å². The first-order valence-corrected chi connectivity index (χ1v) is 5.29. The molecular weight excluding hydrogens is 170 g/mol. The lowest BCUT2D eigenvalue weighted by molar-refractivity contribution is 0.520. The van der Waals surface area contributed by atoms with Crippen LogP contribution in [0, 0.1) is 12.8 Å². The Morgan fingerprint density at radius 2 is 1.57 bits per heavy atom. The van der Waals surface area contributed by atoms with Crippen LogP contribution in [-0.4, -0.2) is 6.04 Å². The first kappa shape index (κ1) is 13.2. The second-order valence-corrected chi connectivity index (χ2v) is 4.26. The maximum atomic E-state index is 5.49. The lowest BCUT2D eigenvalue weighted by Crippen LogP contribution is -2.16. The van der Waals surface area contributed by atoms with Gasteiger partial charge < -0.3 is 5.73 Å². The lowest BCUT2D eigenvalue weighted by atomic mass is 10.1. The zero-order chi connectivity index (χ0) is 11.0. The van der Waals surface area contributed by atoms with E-state index in [1.54, 1.807) is 0 Å². The quantitative estimate of drug-likeness (QED) is 0.765. The Morgan fingerprint density at radius 1 is 1.07 bits per heavy atom. The second-order valence-electron chi connectivity index (χ2n) is 4.26. The van der Waals surface area contributed by atoms with Crippen molar-refractivity contribution < 1.29 is 0 Å². The maximum absolute atomic E-state index is 5.49. The molecule has 1 unspecified atom stereocenters. The third-order valence-electron chi connectivity index (χ3n) is 1.78. The zero-order valence-electron chi connectivity index (χ0n) is 9.83. The van der Waals surface area contributed by atoms with Crippen molar-refractivity contribution in [2.24, 2.45) is 11.7 Å². The summed E-state index contributed by atoms with van der Waals surface area (Å²) in [4.78, 5) is 0. The van der Waals surface area contributed by atoms with Gasteiger partial charge in [0.05, 0.1) is 0 Å². The zero-order valence-corrected chi connectivity index (χ0v) is 9.83. The topological polar surface area (TPSA) is 26.0 Å². The van der Waals surface area contributed by atoms with E-state index in [2.05, 4.69) is 32.9 Å². The standard InChI is InChI=1S/C7H8.C6H15N/c1-7-5-3-2-4-6-7;1-5(2)4-6(3)7/h2-6H,1H3;5-6H,4,7H2,1-3H3. The van der Waals surface area contributed by atoms with E-state index in [0.717, 1.165) is 12.3 Å². The molecule has 1 nitrogen and oxygen atoms in total. The fourth-order valence-electron chi connectivity index (χ4n) is 1.28. The predicted molar refractivity (Wildman–Crippen MR) is 64.3 cm³/mol. The summed E-state index contributed by atoms with van der Waals surface area (Å²) in [7, 11) is 0. The van der Waals surface area contributed by atoms with Crippen molar-refractivity contribution in [2.45, 2.75) is 40.2 Å². The molecule has 1 rings (SSSR count). The van der Waals surface area contributed by atoms with E-state index in [9.17, 15) is 0 Å². The summed E-state index contributed by atoms with van der Waals surface area (Å²) in [5, 5.41) is 0. The summed E-state index contributed by atoms with van der Waals surface area (Å²) in [5.41, 5.74) is 6.82. The average molecular weight is 193 g/mol. The smallest absolute Gasteiger partial charge is 0.00129 e. The molecule has 0 aromatic heterocycles. The van der Waals surface area contributed by atoms with E-state index in [1.807, 2.05) is 25.1 Å². The van der Waals surface area contributed by atoms with Crippen molar-refractivity contribution in [3.8, 4) is 0 Å². The summed E-state index contributed by atoms with van der Waals surface area (Å²) in [6.45, 7) is 8.49. The van der Waals surface area contributed by atoms with Gasteiger partial charge in [0.1, 0.15) is 0 Å². The molecule has 1 aromatic carbocycles. The van der Waals surface area contributed by atoms with Crippen molar-refractivity contribution in [3.05, 3.63) is 35.9 Å². The molecular formula is C13H23N. The minimum absolute atomic E-state index is 0.375. The highest BCUT2D eigenvalue weighted by atomic mass is 14.6. The minimum Gasteiger partial charge on any atom is -0.328 e. The number of hydrogen-bond donors (Lipinski definition) is 1. The maximum Gasteiger partial charge on any atom is 0.00129 e. The summed E-state index contributed by atoms with van der Waals surface area (Å²) in [5.74, 6) is 0.750. The van der Waals surface area contributed by atoms with Gasteiger partial charge in [0.15, 0.2) is 0 Å². The summed E-state index contributed by atoms with van der Waals surface area (Å²) >= 11 is 0. The first-order chi connectivity index (χ1) is 6.52. The Bertz CT molecular complexity index is 208. The van der Waals surface area contributed by atoms with Gasteiger partial charge in [0.25, 0.3) is 0 Å². The molecule has 0 aliphatic heterocycles. The van der Waals surface area contributed by atoms with Crippen molar-refractivity contribution >= 4 is 0 Å². The van der Waals surface area contributed by atoms with Gasteiger partial charge in [-0.2, -0.15) is 0 Å². The molecule has 14 heavy (non-hydrogen) atoms. The normalized spacial score (nSPS) is 11.9. The van der Waals surface area contributed by atoms with Crippen LogP contribution >= 0.6 is 0 Å². The monoisotopic (exact) mass is 193 g/mol. The van der Waals surface area contributed by atoms with Gasteiger partial charge in [-0.25, -0.2) is 0 Å². The van der Waals surface area contributed by atoms with E-state index in [1.165, 1.54) is 5.56 Å². The third kappa shape index (κ3) is 9.27. The number of hydrogen-bond acceptors (Lipinski definition) is 1. The van der Waals surface area contributed by atoms with Gasteiger partial charge in [0.2, 0.25) is 0 Å². The van der Waals surface area contributed by atoms with Crippen molar-refractivity contribution in [3.63, 3.8) is 0 Å². The van der Waals surface area contributed by atoms with Crippen LogP contribution in [0.2, 0.25) is 0 Å². The van der Waals surface area contributed by atoms with Crippen LogP contribution < -0.4 is 5.73 Å². The highest BCUT2D eigenvalue weighted by molar-refractivity contribution is 5.11. The molecule has 0 fully saturated rings. The first-order valence-electron chi connectivity index (χ1n) is 5.29. The fraction of sp³-hybridized carbons (Fsp3) is 0.538. The van der Waals surface area contributed by atoms with Crippen LogP contribution in [0.15, 0.2) is 30.3 Å². The van der Waals surface area contributed by atoms with Crippen molar-refractivity contribution in [1.29, 1.82) is 0 Å². The molecule has 1 aromatic rings. The Hall–Kier alpha value is -0.820. The lowest BCUT2D eigenvalue weighted by Gasteiger charge is -2.05. The molecule has 0 heterocycles. The summed E-state index contributed by atoms with van der Waals surface area (Å²) in [6, 6.07) is 10.6. The molecule has 0 spiro atoms. The Kier molecular flexibility index (Phi) is 7.13. The van der Waals surface area contributed by atoms with Gasteiger partial charge in [-0.05, 0) is 26.2 Å². The molecule has 0 saturated heterocycles. The predicted octanol–water partition coefficient (Wildman–Crippen LogP) is 3.37. The number of benzene rings is 1. The molecule has 80 valence electrons. The SMILES string of the molecule is CC(C)CC(C)N.Cc1ccccc1. The van der Waals surface area contributed by atoms with Crippen LogP contribution in [0.3, 0.4) is 0 Å². The average Bonchev–Trinajstić information content (AvgIpc) is 2.03. The Balaban J connectivity index is 0.000000241. The third-order valence-corrected chi connectivity index (χ3v) is 1.78. The molecule has 0 saturated carbocycles. The molecule has 0 amide bonds. The van der Waals surface area contributed by atoms with Gasteiger partial charge in [0, 0.05) is 6.04 Å². The highest BCUT2D eigenvalue weighted by Crippen LogP contribution is 2.00. The van der Waals surface area contributed by atoms with E-state index in [0.29, 0.717) is 6.04 Å². The van der Waals surface area contributed by atoms with Crippen LogP contribution in [0.4, 0.5) is 0 Å². The molecule has 0 bridgehead atoms. The largest absolute Gasteiger partial charge is 0.328 e. The van der Waals surface area contributed by atoms with E-state index in [4.69, 9.17) is 5.73 Å². The van der Waals surface area contributed by atoms with Gasteiger partial charge in [-0.1, -0.05) is 49.7 Å². The molecule has 0 aliphatic rings. The molecule has 2 N–H and O–H groups in total. The highest BCUT2D eigenvalue weighted by Gasteiger charge is 1.95. The molecule has 1 atom stereocenters. The van der Waals surface area contributed by atoms with Crippen molar-refractivity contribution in [2.75, 3.05) is 0 Å². The number of rotatable bonds is 2. The summed E-state index contributed by atoms with van der Waals surface area (Å²) < 4.78 is 0. The van der Waals surface area contributed by atoms with Crippen molar-refractivity contribution in [1.82, 2.24) is 0 Å². The van der Waals surface area contributed by atoms with Gasteiger partial charge in [-0.15, -0.1) is 0 Å². The molecule has 1 heteroatoms. The summed E-state index contributed by atoms with van der Waals surface area (Å²) in [6.07, 6.45) is 1.14. The number of nitrogens with two attached hydrogens (primary N) is 1. The molecule has 0 aliphatic carbocycles. The van der Waals surface area contributed by atoms with Gasteiger partial charge in [-0.3, -0.25) is 0 Å². The van der Waals surface area contributed by atoms with E-state index < -0.39 is 0 Å². The van der Waals surface area contributed by atoms with Crippen LogP contribution in [0.1, 0.15) is 32.8 Å². The van der Waals surface area contributed by atoms with Crippen LogP contribution in [-0.2, 0) is 0 Å². The van der Waals surface area contributed by atoms with Crippen LogP contribution in [0.5, 0.6) is 0 Å². The number of aryl methyl sites for hydroxylation is 1. The minimum atomic E-state index is 0.375. The van der Waals surface area contributed by atoms with E-state index >= 15 is 0 Å².